The van der Waals surface area contributed by atoms with Gasteiger partial charge in [0.25, 0.3) is 11.8 Å². The highest BCUT2D eigenvalue weighted by Gasteiger charge is 2.26. The number of amides is 3. The van der Waals surface area contributed by atoms with Crippen LogP contribution in [0.15, 0.2) is 12.2 Å². The van der Waals surface area contributed by atoms with Crippen LogP contribution in [0.3, 0.4) is 0 Å². The summed E-state index contributed by atoms with van der Waals surface area (Å²) in [6, 6.07) is -0.580. The fourth-order valence-corrected chi connectivity index (χ4v) is 2.27. The minimum absolute atomic E-state index is 0.0173. The Kier molecular flexibility index (Phi) is 7.09. The third-order valence-electron chi connectivity index (χ3n) is 3.83. The Bertz CT molecular complexity index is 493. The molecule has 0 aliphatic carbocycles. The van der Waals surface area contributed by atoms with E-state index in [-0.39, 0.29) is 42.4 Å². The molecule has 0 unspecified atom stereocenters. The monoisotopic (exact) mass is 323 g/mol. The molecule has 0 fully saturated rings. The van der Waals surface area contributed by atoms with E-state index in [1.54, 1.807) is 6.92 Å². The number of ketones is 1. The maximum absolute atomic E-state index is 12.2. The largest absolute Gasteiger partial charge is 0.356 e. The highest BCUT2D eigenvalue weighted by Crippen LogP contribution is 2.16. The van der Waals surface area contributed by atoms with E-state index < -0.39 is 12.0 Å². The summed E-state index contributed by atoms with van der Waals surface area (Å²) in [7, 11) is 0. The molecule has 0 spiro atoms. The van der Waals surface area contributed by atoms with E-state index in [0.29, 0.717) is 13.0 Å². The molecule has 0 saturated heterocycles. The van der Waals surface area contributed by atoms with E-state index in [1.165, 1.54) is 12.2 Å². The van der Waals surface area contributed by atoms with Gasteiger partial charge in [-0.25, -0.2) is 0 Å². The second-order valence-corrected chi connectivity index (χ2v) is 6.12. The fraction of sp³-hybridized carbons (Fsp3) is 0.625. The molecule has 0 aromatic rings. The highest BCUT2D eigenvalue weighted by atomic mass is 16.2. The molecule has 0 aromatic heterocycles. The molecule has 1 aliphatic rings. The van der Waals surface area contributed by atoms with Crippen molar-refractivity contribution in [1.29, 1.82) is 0 Å². The van der Waals surface area contributed by atoms with Gasteiger partial charge < -0.3 is 11.1 Å². The van der Waals surface area contributed by atoms with Gasteiger partial charge in [0.1, 0.15) is 5.78 Å². The second-order valence-electron chi connectivity index (χ2n) is 6.12. The minimum Gasteiger partial charge on any atom is -0.356 e. The number of hydrogen-bond donors (Lipinski definition) is 2. The van der Waals surface area contributed by atoms with Crippen molar-refractivity contribution in [2.45, 2.75) is 39.7 Å². The van der Waals surface area contributed by atoms with E-state index in [9.17, 15) is 19.2 Å². The fourth-order valence-electron chi connectivity index (χ4n) is 2.27. The number of rotatable bonds is 9. The zero-order valence-corrected chi connectivity index (χ0v) is 13.9. The summed E-state index contributed by atoms with van der Waals surface area (Å²) in [5, 5.41) is 2.76. The summed E-state index contributed by atoms with van der Waals surface area (Å²) in [5.74, 6) is -1.41. The van der Waals surface area contributed by atoms with Crippen molar-refractivity contribution in [1.82, 2.24) is 10.2 Å². The van der Waals surface area contributed by atoms with Crippen LogP contribution in [0.4, 0.5) is 0 Å². The van der Waals surface area contributed by atoms with Gasteiger partial charge in [-0.2, -0.15) is 0 Å². The zero-order chi connectivity index (χ0) is 17.6. The lowest BCUT2D eigenvalue weighted by Gasteiger charge is -2.21. The van der Waals surface area contributed by atoms with Crippen molar-refractivity contribution in [2.24, 2.45) is 17.6 Å². The van der Waals surface area contributed by atoms with Crippen LogP contribution in [0.5, 0.6) is 0 Å². The molecule has 7 nitrogen and oxygen atoms in total. The molecule has 1 aliphatic heterocycles. The van der Waals surface area contributed by atoms with Crippen LogP contribution < -0.4 is 11.1 Å². The Balaban J connectivity index is 2.39. The predicted octanol–water partition coefficient (Wildman–Crippen LogP) is -0.00370. The molecule has 0 saturated carbocycles. The standard InChI is InChI=1S/C16H25N3O4/c1-10(2)12(9-13(20)11(3)17)16(23)18-7-4-8-19-14(21)5-6-15(19)22/h5-6,10-12H,4,7-9,17H2,1-3H3,(H,18,23)/t11-,12-/m1/s1. The van der Waals surface area contributed by atoms with Gasteiger partial charge in [-0.3, -0.25) is 24.1 Å². The molecule has 1 rings (SSSR count). The molecule has 0 aromatic carbocycles. The average Bonchev–Trinajstić information content (AvgIpc) is 2.79. The van der Waals surface area contributed by atoms with Crippen LogP contribution in [0, 0.1) is 11.8 Å². The Labute approximate surface area is 136 Å². The van der Waals surface area contributed by atoms with Crippen molar-refractivity contribution in [3.8, 4) is 0 Å². The van der Waals surface area contributed by atoms with E-state index >= 15 is 0 Å². The van der Waals surface area contributed by atoms with Gasteiger partial charge >= 0.3 is 0 Å². The third kappa shape index (κ3) is 5.59. The first-order valence-electron chi connectivity index (χ1n) is 7.83. The Morgan fingerprint density at radius 2 is 1.74 bits per heavy atom. The molecule has 0 radical (unpaired) electrons. The van der Waals surface area contributed by atoms with Crippen LogP contribution >= 0.6 is 0 Å². The molecular weight excluding hydrogens is 298 g/mol. The predicted molar refractivity (Wildman–Crippen MR) is 85.1 cm³/mol. The topological polar surface area (TPSA) is 110 Å². The lowest BCUT2D eigenvalue weighted by molar-refractivity contribution is -0.136. The number of Topliss-reactive ketones (excluding diaryl/α,β-unsaturated/α-hetero) is 1. The second kappa shape index (κ2) is 8.57. The molecule has 1 heterocycles. The van der Waals surface area contributed by atoms with Gasteiger partial charge in [-0.1, -0.05) is 13.8 Å². The summed E-state index contributed by atoms with van der Waals surface area (Å²) in [4.78, 5) is 47.8. The SMILES string of the molecule is CC(C)[C@@H](CC(=O)[C@@H](C)N)C(=O)NCCCN1C(=O)C=CC1=O. The Morgan fingerprint density at radius 3 is 2.22 bits per heavy atom. The first-order chi connectivity index (χ1) is 10.7. The number of carbonyl (C=O) groups is 4. The summed E-state index contributed by atoms with van der Waals surface area (Å²) < 4.78 is 0. The summed E-state index contributed by atoms with van der Waals surface area (Å²) in [6.45, 7) is 5.97. The number of nitrogens with two attached hydrogens (primary N) is 1. The number of hydrogen-bond acceptors (Lipinski definition) is 5. The zero-order valence-electron chi connectivity index (χ0n) is 13.9. The van der Waals surface area contributed by atoms with Crippen molar-refractivity contribution >= 4 is 23.5 Å². The summed E-state index contributed by atoms with van der Waals surface area (Å²) in [5.41, 5.74) is 5.55. The number of nitrogens with zero attached hydrogens (tertiary/aromatic N) is 1. The van der Waals surface area contributed by atoms with Crippen molar-refractivity contribution < 1.29 is 19.2 Å². The number of carbonyl (C=O) groups excluding carboxylic acids is 4. The molecule has 0 bridgehead atoms. The van der Waals surface area contributed by atoms with Crippen molar-refractivity contribution in [2.75, 3.05) is 13.1 Å². The molecule has 2 atom stereocenters. The summed E-state index contributed by atoms with van der Waals surface area (Å²) >= 11 is 0. The first kappa shape index (κ1) is 19.0. The van der Waals surface area contributed by atoms with Crippen LogP contribution in [0.25, 0.3) is 0 Å². The smallest absolute Gasteiger partial charge is 0.253 e. The van der Waals surface area contributed by atoms with Crippen molar-refractivity contribution in [3.63, 3.8) is 0 Å². The normalized spacial score (nSPS) is 16.8. The molecule has 3 amide bonds. The van der Waals surface area contributed by atoms with Crippen LogP contribution in [0.2, 0.25) is 0 Å². The average molecular weight is 323 g/mol. The van der Waals surface area contributed by atoms with Gasteiger partial charge in [0.2, 0.25) is 5.91 Å². The van der Waals surface area contributed by atoms with Crippen LogP contribution in [-0.4, -0.2) is 47.5 Å². The van der Waals surface area contributed by atoms with Crippen LogP contribution in [-0.2, 0) is 19.2 Å². The quantitative estimate of drug-likeness (QED) is 0.458. The maximum atomic E-state index is 12.2. The van der Waals surface area contributed by atoms with Crippen molar-refractivity contribution in [3.05, 3.63) is 12.2 Å². The molecule has 3 N–H and O–H groups in total. The Morgan fingerprint density at radius 1 is 1.17 bits per heavy atom. The van der Waals surface area contributed by atoms with Gasteiger partial charge in [0.05, 0.1) is 6.04 Å². The minimum atomic E-state index is -0.580. The summed E-state index contributed by atoms with van der Waals surface area (Å²) in [6.07, 6.45) is 3.05. The molecule has 128 valence electrons. The van der Waals surface area contributed by atoms with E-state index in [2.05, 4.69) is 5.32 Å². The van der Waals surface area contributed by atoms with Gasteiger partial charge in [-0.05, 0) is 19.3 Å². The first-order valence-corrected chi connectivity index (χ1v) is 7.83. The molecule has 23 heavy (non-hydrogen) atoms. The number of imide groups is 1. The van der Waals surface area contributed by atoms with E-state index in [1.807, 2.05) is 13.8 Å². The maximum Gasteiger partial charge on any atom is 0.253 e. The van der Waals surface area contributed by atoms with E-state index in [4.69, 9.17) is 5.73 Å². The lowest BCUT2D eigenvalue weighted by Crippen LogP contribution is -2.39. The Hall–Kier alpha value is -2.02. The van der Waals surface area contributed by atoms with Gasteiger partial charge in [0, 0.05) is 37.6 Å². The van der Waals surface area contributed by atoms with Gasteiger partial charge in [0.15, 0.2) is 0 Å². The number of nitrogens with one attached hydrogen (secondary N) is 1. The molecule has 7 heteroatoms. The highest BCUT2D eigenvalue weighted by molar-refractivity contribution is 6.12. The molecular formula is C16H25N3O4. The van der Waals surface area contributed by atoms with Crippen LogP contribution in [0.1, 0.15) is 33.6 Å². The van der Waals surface area contributed by atoms with E-state index in [0.717, 1.165) is 4.90 Å². The lowest BCUT2D eigenvalue weighted by atomic mass is 9.88. The van der Waals surface area contributed by atoms with Gasteiger partial charge in [-0.15, -0.1) is 0 Å². The third-order valence-corrected chi connectivity index (χ3v) is 3.83.